The highest BCUT2D eigenvalue weighted by Gasteiger charge is 2.36. The molecule has 1 amide bonds. The van der Waals surface area contributed by atoms with Crippen LogP contribution in [-0.4, -0.2) is 35.5 Å². The summed E-state index contributed by atoms with van der Waals surface area (Å²) < 4.78 is 0. The lowest BCUT2D eigenvalue weighted by Crippen LogP contribution is -2.42. The van der Waals surface area contributed by atoms with Crippen LogP contribution in [0.3, 0.4) is 0 Å². The van der Waals surface area contributed by atoms with Gasteiger partial charge in [-0.15, -0.1) is 0 Å². The fraction of sp³-hybridized carbons (Fsp3) is 0.714. The van der Waals surface area contributed by atoms with Crippen molar-refractivity contribution in [1.82, 2.24) is 4.90 Å². The number of hydrogen-bond acceptors (Lipinski definition) is 2. The van der Waals surface area contributed by atoms with Crippen LogP contribution in [0.2, 0.25) is 0 Å². The zero-order valence-corrected chi connectivity index (χ0v) is 11.6. The highest BCUT2D eigenvalue weighted by atomic mass is 16.4. The molecule has 0 spiro atoms. The molecule has 0 aliphatic heterocycles. The van der Waals surface area contributed by atoms with Crippen molar-refractivity contribution in [2.45, 2.75) is 33.6 Å². The lowest BCUT2D eigenvalue weighted by atomic mass is 9.82. The molecule has 0 radical (unpaired) electrons. The summed E-state index contributed by atoms with van der Waals surface area (Å²) in [7, 11) is 1.75. The normalized spacial score (nSPS) is 23.8. The molecule has 0 heterocycles. The minimum absolute atomic E-state index is 0.0215. The average molecular weight is 253 g/mol. The van der Waals surface area contributed by atoms with E-state index in [0.29, 0.717) is 19.4 Å². The largest absolute Gasteiger partial charge is 0.481 e. The third-order valence-corrected chi connectivity index (χ3v) is 3.15. The van der Waals surface area contributed by atoms with Gasteiger partial charge in [0.2, 0.25) is 5.91 Å². The Morgan fingerprint density at radius 1 is 1.22 bits per heavy atom. The molecule has 1 aliphatic carbocycles. The van der Waals surface area contributed by atoms with E-state index in [1.165, 1.54) is 0 Å². The summed E-state index contributed by atoms with van der Waals surface area (Å²) >= 11 is 0. The lowest BCUT2D eigenvalue weighted by molar-refractivity contribution is -0.150. The first-order valence-electron chi connectivity index (χ1n) is 6.35. The second kappa shape index (κ2) is 5.55. The van der Waals surface area contributed by atoms with Crippen molar-refractivity contribution in [3.05, 3.63) is 12.2 Å². The zero-order chi connectivity index (χ0) is 13.9. The second-order valence-corrected chi connectivity index (χ2v) is 6.25. The standard InChI is InChI=1S/C14H23NO3/c1-14(2,3)9-15(4)12(16)10-7-5-6-8-11(10)13(17)18/h5-6,10-11H,7-9H2,1-4H3,(H,17,18). The molecule has 1 N–H and O–H groups in total. The molecule has 1 rings (SSSR count). The molecule has 2 unspecified atom stereocenters. The Morgan fingerprint density at radius 2 is 1.72 bits per heavy atom. The van der Waals surface area contributed by atoms with E-state index in [0.717, 1.165) is 0 Å². The maximum absolute atomic E-state index is 12.3. The fourth-order valence-corrected chi connectivity index (χ4v) is 2.43. The van der Waals surface area contributed by atoms with Crippen molar-refractivity contribution in [3.8, 4) is 0 Å². The molecule has 0 saturated carbocycles. The number of carbonyl (C=O) groups is 2. The average Bonchev–Trinajstić information content (AvgIpc) is 2.25. The molecule has 0 aromatic carbocycles. The van der Waals surface area contributed by atoms with Crippen LogP contribution in [0.4, 0.5) is 0 Å². The maximum Gasteiger partial charge on any atom is 0.307 e. The molecule has 0 aromatic rings. The molecule has 2 atom stereocenters. The molecule has 1 aliphatic rings. The third-order valence-electron chi connectivity index (χ3n) is 3.15. The van der Waals surface area contributed by atoms with Gasteiger partial charge in [0.05, 0.1) is 11.8 Å². The van der Waals surface area contributed by atoms with Crippen LogP contribution in [-0.2, 0) is 9.59 Å². The van der Waals surface area contributed by atoms with Gasteiger partial charge in [-0.25, -0.2) is 0 Å². The van der Waals surface area contributed by atoms with Crippen LogP contribution < -0.4 is 0 Å². The first-order chi connectivity index (χ1) is 8.22. The second-order valence-electron chi connectivity index (χ2n) is 6.25. The van der Waals surface area contributed by atoms with Crippen molar-refractivity contribution in [1.29, 1.82) is 0 Å². The molecule has 4 nitrogen and oxygen atoms in total. The van der Waals surface area contributed by atoms with Gasteiger partial charge in [0.1, 0.15) is 0 Å². The summed E-state index contributed by atoms with van der Waals surface area (Å²) in [5, 5.41) is 9.17. The number of nitrogens with zero attached hydrogens (tertiary/aromatic N) is 1. The van der Waals surface area contributed by atoms with E-state index in [2.05, 4.69) is 20.8 Å². The lowest BCUT2D eigenvalue weighted by Gasteiger charge is -2.32. The molecule has 0 bridgehead atoms. The van der Waals surface area contributed by atoms with Gasteiger partial charge in [0.25, 0.3) is 0 Å². The molecular weight excluding hydrogens is 230 g/mol. The van der Waals surface area contributed by atoms with E-state index in [1.54, 1.807) is 11.9 Å². The minimum atomic E-state index is -0.873. The number of carboxylic acids is 1. The Morgan fingerprint density at radius 3 is 2.17 bits per heavy atom. The number of allylic oxidation sites excluding steroid dienone is 2. The number of carbonyl (C=O) groups excluding carboxylic acids is 1. The van der Waals surface area contributed by atoms with Crippen LogP contribution in [0.1, 0.15) is 33.6 Å². The van der Waals surface area contributed by atoms with Crippen molar-refractivity contribution >= 4 is 11.9 Å². The highest BCUT2D eigenvalue weighted by molar-refractivity contribution is 5.85. The third kappa shape index (κ3) is 3.86. The van der Waals surface area contributed by atoms with E-state index >= 15 is 0 Å². The Balaban J connectivity index is 2.75. The van der Waals surface area contributed by atoms with Crippen LogP contribution in [0, 0.1) is 17.3 Å². The first-order valence-corrected chi connectivity index (χ1v) is 6.35. The molecule has 0 fully saturated rings. The highest BCUT2D eigenvalue weighted by Crippen LogP contribution is 2.28. The molecular formula is C14H23NO3. The zero-order valence-electron chi connectivity index (χ0n) is 11.6. The maximum atomic E-state index is 12.3. The Bertz CT molecular complexity index is 355. The predicted octanol–water partition coefficient (Wildman–Crippen LogP) is 2.16. The number of carboxylic acid groups (broad SMARTS) is 1. The summed E-state index contributed by atoms with van der Waals surface area (Å²) in [5.41, 5.74) is 0.0215. The monoisotopic (exact) mass is 253 g/mol. The molecule has 18 heavy (non-hydrogen) atoms. The van der Waals surface area contributed by atoms with Gasteiger partial charge in [0, 0.05) is 13.6 Å². The molecule has 0 saturated heterocycles. The smallest absolute Gasteiger partial charge is 0.307 e. The van der Waals surface area contributed by atoms with Gasteiger partial charge >= 0.3 is 5.97 Å². The molecule has 102 valence electrons. The minimum Gasteiger partial charge on any atom is -0.481 e. The van der Waals surface area contributed by atoms with E-state index in [-0.39, 0.29) is 11.3 Å². The Hall–Kier alpha value is -1.32. The number of hydrogen-bond donors (Lipinski definition) is 1. The molecule has 4 heteroatoms. The summed E-state index contributed by atoms with van der Waals surface area (Å²) in [5.74, 6) is -1.92. The van der Waals surface area contributed by atoms with Crippen molar-refractivity contribution in [2.75, 3.05) is 13.6 Å². The SMILES string of the molecule is CN(CC(C)(C)C)C(=O)C1CC=CCC1C(=O)O. The van der Waals surface area contributed by atoms with Crippen molar-refractivity contribution in [2.24, 2.45) is 17.3 Å². The summed E-state index contributed by atoms with van der Waals surface area (Å²) in [6.45, 7) is 6.82. The van der Waals surface area contributed by atoms with E-state index in [4.69, 9.17) is 5.11 Å². The van der Waals surface area contributed by atoms with E-state index in [1.807, 2.05) is 12.2 Å². The summed E-state index contributed by atoms with van der Waals surface area (Å²) in [6.07, 6.45) is 4.75. The van der Waals surface area contributed by atoms with Crippen LogP contribution in [0.25, 0.3) is 0 Å². The quantitative estimate of drug-likeness (QED) is 0.784. The van der Waals surface area contributed by atoms with E-state index < -0.39 is 17.8 Å². The number of aliphatic carboxylic acids is 1. The van der Waals surface area contributed by atoms with Gasteiger partial charge in [-0.1, -0.05) is 32.9 Å². The van der Waals surface area contributed by atoms with Gasteiger partial charge in [0.15, 0.2) is 0 Å². The van der Waals surface area contributed by atoms with Gasteiger partial charge in [-0.3, -0.25) is 9.59 Å². The van der Waals surface area contributed by atoms with Crippen molar-refractivity contribution in [3.63, 3.8) is 0 Å². The van der Waals surface area contributed by atoms with E-state index in [9.17, 15) is 9.59 Å². The summed E-state index contributed by atoms with van der Waals surface area (Å²) in [4.78, 5) is 25.2. The summed E-state index contributed by atoms with van der Waals surface area (Å²) in [6, 6.07) is 0. The Kier molecular flexibility index (Phi) is 4.54. The van der Waals surface area contributed by atoms with Crippen LogP contribution in [0.5, 0.6) is 0 Å². The first kappa shape index (κ1) is 14.7. The van der Waals surface area contributed by atoms with Gasteiger partial charge in [-0.05, 0) is 18.3 Å². The van der Waals surface area contributed by atoms with Crippen LogP contribution >= 0.6 is 0 Å². The fourth-order valence-electron chi connectivity index (χ4n) is 2.43. The topological polar surface area (TPSA) is 57.6 Å². The number of rotatable bonds is 3. The van der Waals surface area contributed by atoms with Gasteiger partial charge in [-0.2, -0.15) is 0 Å². The Labute approximate surface area is 109 Å². The van der Waals surface area contributed by atoms with Crippen molar-refractivity contribution < 1.29 is 14.7 Å². The van der Waals surface area contributed by atoms with Crippen LogP contribution in [0.15, 0.2) is 12.2 Å². The molecule has 0 aromatic heterocycles. The van der Waals surface area contributed by atoms with Gasteiger partial charge < -0.3 is 10.0 Å². The predicted molar refractivity (Wildman–Crippen MR) is 70.1 cm³/mol. The number of amides is 1.